The van der Waals surface area contributed by atoms with Crippen LogP contribution in [0.25, 0.3) is 0 Å². The monoisotopic (exact) mass is 249 g/mol. The molecule has 0 radical (unpaired) electrons. The molecule has 0 unspecified atom stereocenters. The first-order chi connectivity index (χ1) is 8.77. The zero-order valence-electron chi connectivity index (χ0n) is 10.3. The standard InChI is InChI=1S/C12H19N5O/c18-11-10(5-9-6-14-8-16-9)17-12(7-15-11)1-3-13-4-2-12/h6,8,10,13,17H,1-5,7H2,(H,14,16)(H,15,18)/t10-/m0/s1. The van der Waals surface area contributed by atoms with Crippen molar-refractivity contribution in [2.45, 2.75) is 30.8 Å². The van der Waals surface area contributed by atoms with Crippen molar-refractivity contribution in [2.24, 2.45) is 0 Å². The van der Waals surface area contributed by atoms with Crippen molar-refractivity contribution < 1.29 is 4.79 Å². The van der Waals surface area contributed by atoms with Crippen molar-refractivity contribution in [1.29, 1.82) is 0 Å². The second kappa shape index (κ2) is 4.70. The summed E-state index contributed by atoms with van der Waals surface area (Å²) < 4.78 is 0. The molecule has 3 rings (SSSR count). The number of hydrogen-bond donors (Lipinski definition) is 4. The molecule has 4 N–H and O–H groups in total. The minimum atomic E-state index is -0.155. The highest BCUT2D eigenvalue weighted by atomic mass is 16.2. The van der Waals surface area contributed by atoms with Crippen molar-refractivity contribution in [3.63, 3.8) is 0 Å². The van der Waals surface area contributed by atoms with Gasteiger partial charge in [0, 0.05) is 30.4 Å². The third kappa shape index (κ3) is 2.26. The first-order valence-corrected chi connectivity index (χ1v) is 6.51. The highest BCUT2D eigenvalue weighted by Crippen LogP contribution is 2.21. The van der Waals surface area contributed by atoms with Gasteiger partial charge in [-0.15, -0.1) is 0 Å². The van der Waals surface area contributed by atoms with E-state index in [0.29, 0.717) is 6.42 Å². The molecule has 3 heterocycles. The maximum absolute atomic E-state index is 11.9. The number of carbonyl (C=O) groups excluding carboxylic acids is 1. The van der Waals surface area contributed by atoms with Crippen molar-refractivity contribution in [1.82, 2.24) is 25.9 Å². The van der Waals surface area contributed by atoms with E-state index in [2.05, 4.69) is 25.9 Å². The number of amides is 1. The maximum atomic E-state index is 11.9. The number of piperazine rings is 1. The fraction of sp³-hybridized carbons (Fsp3) is 0.667. The Morgan fingerprint density at radius 3 is 2.94 bits per heavy atom. The molecule has 0 aliphatic carbocycles. The lowest BCUT2D eigenvalue weighted by Crippen LogP contribution is -2.69. The van der Waals surface area contributed by atoms with Gasteiger partial charge in [0.1, 0.15) is 0 Å². The Morgan fingerprint density at radius 1 is 1.39 bits per heavy atom. The summed E-state index contributed by atoms with van der Waals surface area (Å²) in [6.45, 7) is 2.77. The molecule has 0 bridgehead atoms. The number of imidazole rings is 1. The largest absolute Gasteiger partial charge is 0.353 e. The molecule has 6 nitrogen and oxygen atoms in total. The minimum absolute atomic E-state index is 0.0733. The number of hydrogen-bond acceptors (Lipinski definition) is 4. The first kappa shape index (κ1) is 11.7. The molecule has 0 saturated carbocycles. The summed E-state index contributed by atoms with van der Waals surface area (Å²) in [7, 11) is 0. The van der Waals surface area contributed by atoms with Crippen LogP contribution >= 0.6 is 0 Å². The van der Waals surface area contributed by atoms with E-state index in [1.54, 1.807) is 12.5 Å². The van der Waals surface area contributed by atoms with Crippen LogP contribution in [-0.4, -0.2) is 47.1 Å². The van der Waals surface area contributed by atoms with Gasteiger partial charge in [-0.1, -0.05) is 0 Å². The van der Waals surface area contributed by atoms with Gasteiger partial charge in [0.15, 0.2) is 0 Å². The van der Waals surface area contributed by atoms with Gasteiger partial charge in [0.25, 0.3) is 0 Å². The van der Waals surface area contributed by atoms with Crippen molar-refractivity contribution in [3.05, 3.63) is 18.2 Å². The Balaban J connectivity index is 1.70. The second-order valence-corrected chi connectivity index (χ2v) is 5.23. The summed E-state index contributed by atoms with van der Waals surface area (Å²) >= 11 is 0. The number of aromatic amines is 1. The normalized spacial score (nSPS) is 27.1. The van der Waals surface area contributed by atoms with E-state index in [1.807, 2.05) is 0 Å². The van der Waals surface area contributed by atoms with E-state index in [1.165, 1.54) is 0 Å². The number of piperidine rings is 1. The lowest BCUT2D eigenvalue weighted by Gasteiger charge is -2.44. The molecule has 98 valence electrons. The van der Waals surface area contributed by atoms with E-state index in [-0.39, 0.29) is 17.5 Å². The SMILES string of the molecule is O=C1NCC2(CCNCC2)N[C@H]1Cc1cnc[nH]1. The Hall–Kier alpha value is -1.40. The summed E-state index contributed by atoms with van der Waals surface area (Å²) in [5.41, 5.74) is 1.07. The molecule has 1 spiro atoms. The highest BCUT2D eigenvalue weighted by molar-refractivity contribution is 5.83. The molecule has 2 aliphatic heterocycles. The number of aromatic nitrogens is 2. The van der Waals surface area contributed by atoms with Crippen molar-refractivity contribution >= 4 is 5.91 Å². The molecular formula is C12H19N5O. The number of H-pyrrole nitrogens is 1. The van der Waals surface area contributed by atoms with E-state index < -0.39 is 0 Å². The highest BCUT2D eigenvalue weighted by Gasteiger charge is 2.40. The summed E-state index contributed by atoms with van der Waals surface area (Å²) in [6.07, 6.45) is 6.22. The van der Waals surface area contributed by atoms with Gasteiger partial charge in [0.2, 0.25) is 5.91 Å². The fourth-order valence-electron chi connectivity index (χ4n) is 2.85. The third-order valence-corrected chi connectivity index (χ3v) is 3.94. The van der Waals surface area contributed by atoms with Crippen LogP contribution in [0, 0.1) is 0 Å². The van der Waals surface area contributed by atoms with Crippen LogP contribution in [0.4, 0.5) is 0 Å². The average molecular weight is 249 g/mol. The van der Waals surface area contributed by atoms with Crippen LogP contribution in [0.15, 0.2) is 12.5 Å². The fourth-order valence-corrected chi connectivity index (χ4v) is 2.85. The van der Waals surface area contributed by atoms with Crippen molar-refractivity contribution in [2.75, 3.05) is 19.6 Å². The Labute approximate surface area is 106 Å². The summed E-state index contributed by atoms with van der Waals surface area (Å²) in [4.78, 5) is 19.0. The molecule has 18 heavy (non-hydrogen) atoms. The van der Waals surface area contributed by atoms with Gasteiger partial charge in [-0.3, -0.25) is 10.1 Å². The van der Waals surface area contributed by atoms with Gasteiger partial charge in [-0.05, 0) is 25.9 Å². The smallest absolute Gasteiger partial charge is 0.237 e. The molecule has 2 fully saturated rings. The van der Waals surface area contributed by atoms with Crippen LogP contribution < -0.4 is 16.0 Å². The second-order valence-electron chi connectivity index (χ2n) is 5.23. The number of nitrogens with zero attached hydrogens (tertiary/aromatic N) is 1. The summed E-state index contributed by atoms with van der Waals surface area (Å²) in [5.74, 6) is 0.0914. The first-order valence-electron chi connectivity index (χ1n) is 6.51. The Morgan fingerprint density at radius 2 is 2.22 bits per heavy atom. The number of nitrogens with one attached hydrogen (secondary N) is 4. The molecule has 1 aromatic rings. The van der Waals surface area contributed by atoms with Gasteiger partial charge in [0.05, 0.1) is 12.4 Å². The molecule has 0 aromatic carbocycles. The molecule has 1 atom stereocenters. The molecule has 1 aromatic heterocycles. The summed E-state index contributed by atoms with van der Waals surface area (Å²) in [6, 6.07) is -0.155. The van der Waals surface area contributed by atoms with E-state index in [4.69, 9.17) is 0 Å². The maximum Gasteiger partial charge on any atom is 0.237 e. The van der Waals surface area contributed by atoms with E-state index in [9.17, 15) is 4.79 Å². The quantitative estimate of drug-likeness (QED) is 0.551. The van der Waals surface area contributed by atoms with Crippen LogP contribution in [0.5, 0.6) is 0 Å². The molecule has 6 heteroatoms. The molecule has 2 saturated heterocycles. The zero-order chi connectivity index (χ0) is 12.4. The topological polar surface area (TPSA) is 81.8 Å². The van der Waals surface area contributed by atoms with E-state index >= 15 is 0 Å². The van der Waals surface area contributed by atoms with Gasteiger partial charge in [-0.2, -0.15) is 0 Å². The molecule has 1 amide bonds. The van der Waals surface area contributed by atoms with Gasteiger partial charge in [-0.25, -0.2) is 4.98 Å². The van der Waals surface area contributed by atoms with Crippen LogP contribution in [0.1, 0.15) is 18.5 Å². The van der Waals surface area contributed by atoms with E-state index in [0.717, 1.165) is 38.2 Å². The third-order valence-electron chi connectivity index (χ3n) is 3.94. The van der Waals surface area contributed by atoms with Crippen LogP contribution in [-0.2, 0) is 11.2 Å². The summed E-state index contributed by atoms with van der Waals surface area (Å²) in [5, 5.41) is 9.96. The predicted octanol–water partition coefficient (Wildman–Crippen LogP) is -0.838. The average Bonchev–Trinajstić information content (AvgIpc) is 2.88. The predicted molar refractivity (Wildman–Crippen MR) is 67.1 cm³/mol. The van der Waals surface area contributed by atoms with Gasteiger partial charge < -0.3 is 15.6 Å². The zero-order valence-corrected chi connectivity index (χ0v) is 10.3. The number of carbonyl (C=O) groups is 1. The minimum Gasteiger partial charge on any atom is -0.353 e. The Bertz CT molecular complexity index is 410. The lowest BCUT2D eigenvalue weighted by atomic mass is 9.85. The van der Waals surface area contributed by atoms with Crippen molar-refractivity contribution in [3.8, 4) is 0 Å². The number of rotatable bonds is 2. The Kier molecular flexibility index (Phi) is 3.05. The van der Waals surface area contributed by atoms with Crippen LogP contribution in [0.2, 0.25) is 0 Å². The van der Waals surface area contributed by atoms with Crippen LogP contribution in [0.3, 0.4) is 0 Å². The lowest BCUT2D eigenvalue weighted by molar-refractivity contribution is -0.126. The molecule has 2 aliphatic rings. The molecular weight excluding hydrogens is 230 g/mol. The van der Waals surface area contributed by atoms with Gasteiger partial charge >= 0.3 is 0 Å².